The Labute approximate surface area is 126 Å². The van der Waals surface area contributed by atoms with E-state index in [1.54, 1.807) is 0 Å². The van der Waals surface area contributed by atoms with Crippen molar-refractivity contribution in [2.75, 3.05) is 0 Å². The molecule has 0 saturated carbocycles. The van der Waals surface area contributed by atoms with Crippen LogP contribution in [0.15, 0.2) is 48.5 Å². The molecule has 0 heterocycles. The average Bonchev–Trinajstić information content (AvgIpc) is 2.54. The molecule has 0 N–H and O–H groups in total. The summed E-state index contributed by atoms with van der Waals surface area (Å²) in [4.78, 5) is 0. The van der Waals surface area contributed by atoms with Crippen LogP contribution in [-0.4, -0.2) is 0 Å². The number of halogens is 1. The number of hydrogen-bond donors (Lipinski definition) is 0. The summed E-state index contributed by atoms with van der Waals surface area (Å²) in [7, 11) is 0. The predicted octanol–water partition coefficient (Wildman–Crippen LogP) is 5.65. The molecular weight excluding hydrogens is 264 g/mol. The molecule has 1 heteroatoms. The molecule has 1 aliphatic carbocycles. The molecule has 0 aliphatic heterocycles. The Balaban J connectivity index is 1.89. The molecule has 0 bridgehead atoms. The predicted molar refractivity (Wildman–Crippen MR) is 86.5 cm³/mol. The third-order valence-electron chi connectivity index (χ3n) is 4.48. The summed E-state index contributed by atoms with van der Waals surface area (Å²) in [5, 5.41) is 0.0855. The van der Waals surface area contributed by atoms with Gasteiger partial charge in [-0.1, -0.05) is 55.5 Å². The number of rotatable bonds is 3. The van der Waals surface area contributed by atoms with Gasteiger partial charge in [-0.2, -0.15) is 0 Å². The maximum absolute atomic E-state index is 6.81. The van der Waals surface area contributed by atoms with Gasteiger partial charge in [0.05, 0.1) is 5.38 Å². The van der Waals surface area contributed by atoms with Gasteiger partial charge in [0.2, 0.25) is 0 Å². The molecule has 0 spiro atoms. The highest BCUT2D eigenvalue weighted by molar-refractivity contribution is 6.21. The molecule has 20 heavy (non-hydrogen) atoms. The number of hydrogen-bond acceptors (Lipinski definition) is 0. The minimum atomic E-state index is 0.0855. The highest BCUT2D eigenvalue weighted by atomic mass is 35.5. The van der Waals surface area contributed by atoms with Crippen molar-refractivity contribution in [2.45, 2.75) is 43.9 Å². The molecule has 2 unspecified atom stereocenters. The molecule has 2 aromatic rings. The summed E-state index contributed by atoms with van der Waals surface area (Å²) >= 11 is 6.81. The van der Waals surface area contributed by atoms with E-state index in [9.17, 15) is 0 Å². The van der Waals surface area contributed by atoms with Crippen LogP contribution in [0.1, 0.15) is 53.3 Å². The highest BCUT2D eigenvalue weighted by Gasteiger charge is 2.27. The van der Waals surface area contributed by atoms with E-state index < -0.39 is 0 Å². The molecule has 0 amide bonds. The van der Waals surface area contributed by atoms with Crippen molar-refractivity contribution in [3.8, 4) is 0 Å². The molecule has 3 rings (SSSR count). The van der Waals surface area contributed by atoms with Gasteiger partial charge < -0.3 is 0 Å². The lowest BCUT2D eigenvalue weighted by Crippen LogP contribution is -2.14. The summed E-state index contributed by atoms with van der Waals surface area (Å²) in [6.07, 6.45) is 4.73. The van der Waals surface area contributed by atoms with Gasteiger partial charge in [0, 0.05) is 5.92 Å². The normalized spacial score (nSPS) is 19.4. The maximum Gasteiger partial charge on any atom is 0.0653 e. The van der Waals surface area contributed by atoms with E-state index in [2.05, 4.69) is 55.5 Å². The Kier molecular flexibility index (Phi) is 4.12. The average molecular weight is 285 g/mol. The third-order valence-corrected chi connectivity index (χ3v) is 5.03. The minimum Gasteiger partial charge on any atom is -0.117 e. The standard InChI is InChI=1S/C19H21Cl/c1-2-14-10-12-16(13-11-14)19(20)18-9-5-7-15-6-3-4-8-17(15)18/h3-4,6,8,10-13,18-19H,2,5,7,9H2,1H3. The fraction of sp³-hybridized carbons (Fsp3) is 0.368. The first-order chi connectivity index (χ1) is 9.79. The summed E-state index contributed by atoms with van der Waals surface area (Å²) in [6, 6.07) is 17.6. The second kappa shape index (κ2) is 6.01. The van der Waals surface area contributed by atoms with Gasteiger partial charge in [0.15, 0.2) is 0 Å². The van der Waals surface area contributed by atoms with Gasteiger partial charge in [0.25, 0.3) is 0 Å². The number of fused-ring (bicyclic) bond motifs is 1. The first kappa shape index (κ1) is 13.7. The lowest BCUT2D eigenvalue weighted by molar-refractivity contribution is 0.539. The smallest absolute Gasteiger partial charge is 0.0653 e. The van der Waals surface area contributed by atoms with E-state index in [0.29, 0.717) is 5.92 Å². The van der Waals surface area contributed by atoms with Crippen molar-refractivity contribution in [2.24, 2.45) is 0 Å². The lowest BCUT2D eigenvalue weighted by Gasteiger charge is -2.29. The SMILES string of the molecule is CCc1ccc(C(Cl)C2CCCc3ccccc32)cc1. The number of aryl methyl sites for hydroxylation is 2. The zero-order valence-electron chi connectivity index (χ0n) is 12.0. The minimum absolute atomic E-state index is 0.0855. The Morgan fingerprint density at radius 3 is 2.60 bits per heavy atom. The van der Waals surface area contributed by atoms with Crippen molar-refractivity contribution < 1.29 is 0 Å². The number of benzene rings is 2. The molecule has 0 fully saturated rings. The van der Waals surface area contributed by atoms with Gasteiger partial charge in [-0.3, -0.25) is 0 Å². The van der Waals surface area contributed by atoms with E-state index in [1.807, 2.05) is 0 Å². The Hall–Kier alpha value is -1.27. The second-order valence-electron chi connectivity index (χ2n) is 5.69. The van der Waals surface area contributed by atoms with Crippen LogP contribution in [0.3, 0.4) is 0 Å². The third kappa shape index (κ3) is 2.62. The van der Waals surface area contributed by atoms with E-state index in [4.69, 9.17) is 11.6 Å². The van der Waals surface area contributed by atoms with Crippen LogP contribution in [0.2, 0.25) is 0 Å². The molecular formula is C19H21Cl. The summed E-state index contributed by atoms with van der Waals surface area (Å²) in [5.74, 6) is 0.453. The molecule has 0 aromatic heterocycles. The van der Waals surface area contributed by atoms with Gasteiger partial charge in [-0.15, -0.1) is 11.6 Å². The molecule has 0 nitrogen and oxygen atoms in total. The molecule has 2 atom stereocenters. The topological polar surface area (TPSA) is 0 Å². The van der Waals surface area contributed by atoms with E-state index in [-0.39, 0.29) is 5.38 Å². The Morgan fingerprint density at radius 1 is 1.10 bits per heavy atom. The van der Waals surface area contributed by atoms with E-state index in [0.717, 1.165) is 6.42 Å². The fourth-order valence-electron chi connectivity index (χ4n) is 3.26. The van der Waals surface area contributed by atoms with Crippen LogP contribution in [-0.2, 0) is 12.8 Å². The molecule has 104 valence electrons. The molecule has 0 radical (unpaired) electrons. The highest BCUT2D eigenvalue weighted by Crippen LogP contribution is 2.43. The van der Waals surface area contributed by atoms with Crippen molar-refractivity contribution in [3.63, 3.8) is 0 Å². The van der Waals surface area contributed by atoms with Crippen LogP contribution in [0.25, 0.3) is 0 Å². The first-order valence-electron chi connectivity index (χ1n) is 7.60. The lowest BCUT2D eigenvalue weighted by atomic mass is 9.79. The zero-order chi connectivity index (χ0) is 13.9. The van der Waals surface area contributed by atoms with Crippen LogP contribution >= 0.6 is 11.6 Å². The van der Waals surface area contributed by atoms with Crippen molar-refractivity contribution in [1.29, 1.82) is 0 Å². The van der Waals surface area contributed by atoms with Crippen LogP contribution < -0.4 is 0 Å². The molecule has 1 aliphatic rings. The van der Waals surface area contributed by atoms with Crippen molar-refractivity contribution in [1.82, 2.24) is 0 Å². The van der Waals surface area contributed by atoms with Gasteiger partial charge in [0.1, 0.15) is 0 Å². The second-order valence-corrected chi connectivity index (χ2v) is 6.16. The van der Waals surface area contributed by atoms with Gasteiger partial charge >= 0.3 is 0 Å². The maximum atomic E-state index is 6.81. The quantitative estimate of drug-likeness (QED) is 0.639. The van der Waals surface area contributed by atoms with E-state index >= 15 is 0 Å². The van der Waals surface area contributed by atoms with E-state index in [1.165, 1.54) is 41.5 Å². The Bertz CT molecular complexity index is 571. The fourth-order valence-corrected chi connectivity index (χ4v) is 3.67. The Morgan fingerprint density at radius 2 is 1.85 bits per heavy atom. The van der Waals surface area contributed by atoms with Crippen LogP contribution in [0, 0.1) is 0 Å². The van der Waals surface area contributed by atoms with Crippen LogP contribution in [0.4, 0.5) is 0 Å². The molecule has 0 saturated heterocycles. The zero-order valence-corrected chi connectivity index (χ0v) is 12.7. The van der Waals surface area contributed by atoms with Gasteiger partial charge in [-0.05, 0) is 47.9 Å². The molecule has 2 aromatic carbocycles. The first-order valence-corrected chi connectivity index (χ1v) is 8.04. The van der Waals surface area contributed by atoms with Gasteiger partial charge in [-0.25, -0.2) is 0 Å². The largest absolute Gasteiger partial charge is 0.117 e. The monoisotopic (exact) mass is 284 g/mol. The van der Waals surface area contributed by atoms with Crippen molar-refractivity contribution in [3.05, 3.63) is 70.8 Å². The number of alkyl halides is 1. The summed E-state index contributed by atoms with van der Waals surface area (Å²) in [6.45, 7) is 2.19. The summed E-state index contributed by atoms with van der Waals surface area (Å²) < 4.78 is 0. The van der Waals surface area contributed by atoms with Crippen molar-refractivity contribution >= 4 is 11.6 Å². The van der Waals surface area contributed by atoms with Crippen LogP contribution in [0.5, 0.6) is 0 Å². The summed E-state index contributed by atoms with van der Waals surface area (Å²) in [5.41, 5.74) is 5.57.